The van der Waals surface area contributed by atoms with Crippen LogP contribution in [0.5, 0.6) is 5.75 Å². The molecule has 0 aliphatic carbocycles. The second-order valence-electron chi connectivity index (χ2n) is 8.87. The van der Waals surface area contributed by atoms with E-state index in [2.05, 4.69) is 20.8 Å². The van der Waals surface area contributed by atoms with E-state index in [0.29, 0.717) is 43.9 Å². The molecule has 2 aromatic rings. The smallest absolute Gasteiger partial charge is 0.243 e. The van der Waals surface area contributed by atoms with Crippen LogP contribution in [-0.2, 0) is 26.7 Å². The van der Waals surface area contributed by atoms with Crippen molar-refractivity contribution >= 4 is 15.9 Å². The van der Waals surface area contributed by atoms with Gasteiger partial charge in [-0.15, -0.1) is 0 Å². The van der Waals surface area contributed by atoms with Crippen LogP contribution in [0.4, 0.5) is 0 Å². The highest BCUT2D eigenvalue weighted by atomic mass is 32.2. The van der Waals surface area contributed by atoms with Gasteiger partial charge in [0.05, 0.1) is 12.0 Å². The van der Waals surface area contributed by atoms with Crippen molar-refractivity contribution in [2.75, 3.05) is 33.3 Å². The number of hydrogen-bond donors (Lipinski definition) is 0. The molecule has 1 amide bonds. The van der Waals surface area contributed by atoms with Crippen molar-refractivity contribution in [3.05, 3.63) is 59.7 Å². The average molecular weight is 445 g/mol. The minimum atomic E-state index is -3.56. The Kier molecular flexibility index (Phi) is 7.06. The molecule has 6 nitrogen and oxygen atoms in total. The lowest BCUT2D eigenvalue weighted by molar-refractivity contribution is -0.132. The molecule has 2 aromatic carbocycles. The van der Waals surface area contributed by atoms with Crippen LogP contribution < -0.4 is 4.74 Å². The largest absolute Gasteiger partial charge is 0.496 e. The summed E-state index contributed by atoms with van der Waals surface area (Å²) in [5, 5.41) is 0. The number of rotatable bonds is 6. The van der Waals surface area contributed by atoms with Crippen LogP contribution in [0.15, 0.2) is 53.4 Å². The SMILES string of the molecule is COc1ccccc1CCC(=O)N1CCN(S(=O)(=O)c2ccc(C(C)(C)C)cc2)CC1. The molecular formula is C24H32N2O4S. The van der Waals surface area contributed by atoms with Gasteiger partial charge < -0.3 is 9.64 Å². The van der Waals surface area contributed by atoms with Crippen LogP contribution in [0.1, 0.15) is 38.3 Å². The summed E-state index contributed by atoms with van der Waals surface area (Å²) in [7, 11) is -1.94. The lowest BCUT2D eigenvalue weighted by atomic mass is 9.87. The molecule has 1 aliphatic rings. The van der Waals surface area contributed by atoms with E-state index < -0.39 is 10.0 Å². The van der Waals surface area contributed by atoms with Crippen molar-refractivity contribution in [3.8, 4) is 5.75 Å². The second kappa shape index (κ2) is 9.40. The summed E-state index contributed by atoms with van der Waals surface area (Å²) in [5.41, 5.74) is 2.06. The second-order valence-corrected chi connectivity index (χ2v) is 10.8. The normalized spacial score (nSPS) is 15.7. The minimum Gasteiger partial charge on any atom is -0.496 e. The molecule has 3 rings (SSSR count). The van der Waals surface area contributed by atoms with E-state index >= 15 is 0 Å². The highest BCUT2D eigenvalue weighted by Gasteiger charge is 2.30. The lowest BCUT2D eigenvalue weighted by Crippen LogP contribution is -2.50. The molecule has 0 radical (unpaired) electrons. The van der Waals surface area contributed by atoms with Crippen LogP contribution in [0.3, 0.4) is 0 Å². The fraction of sp³-hybridized carbons (Fsp3) is 0.458. The maximum absolute atomic E-state index is 13.0. The topological polar surface area (TPSA) is 66.9 Å². The average Bonchev–Trinajstić information content (AvgIpc) is 2.77. The van der Waals surface area contributed by atoms with E-state index in [1.807, 2.05) is 36.4 Å². The Morgan fingerprint density at radius 2 is 1.58 bits per heavy atom. The Balaban J connectivity index is 1.57. The van der Waals surface area contributed by atoms with Gasteiger partial charge in [0.15, 0.2) is 0 Å². The van der Waals surface area contributed by atoms with Crippen molar-refractivity contribution < 1.29 is 17.9 Å². The van der Waals surface area contributed by atoms with Crippen LogP contribution >= 0.6 is 0 Å². The molecule has 0 spiro atoms. The lowest BCUT2D eigenvalue weighted by Gasteiger charge is -2.34. The number of sulfonamides is 1. The fourth-order valence-electron chi connectivity index (χ4n) is 3.76. The molecule has 1 aliphatic heterocycles. The number of amides is 1. The Hall–Kier alpha value is -2.38. The van der Waals surface area contributed by atoms with Crippen molar-refractivity contribution in [1.29, 1.82) is 0 Å². The van der Waals surface area contributed by atoms with Gasteiger partial charge >= 0.3 is 0 Å². The van der Waals surface area contributed by atoms with Crippen molar-refractivity contribution in [2.45, 2.75) is 43.9 Å². The standard InChI is InChI=1S/C24H32N2O4S/c1-24(2,3)20-10-12-21(13-11-20)31(28,29)26-17-15-25(16-18-26)23(27)14-9-19-7-5-6-8-22(19)30-4/h5-8,10-13H,9,14-18H2,1-4H3. The molecule has 0 atom stereocenters. The third kappa shape index (κ3) is 5.46. The maximum atomic E-state index is 13.0. The Morgan fingerprint density at radius 1 is 0.968 bits per heavy atom. The number of piperazine rings is 1. The molecule has 0 unspecified atom stereocenters. The van der Waals surface area contributed by atoms with Gasteiger partial charge in [-0.25, -0.2) is 8.42 Å². The molecular weight excluding hydrogens is 412 g/mol. The van der Waals surface area contributed by atoms with Gasteiger partial charge in [0.2, 0.25) is 15.9 Å². The van der Waals surface area contributed by atoms with E-state index in [1.165, 1.54) is 4.31 Å². The number of carbonyl (C=O) groups excluding carboxylic acids is 1. The number of benzene rings is 2. The molecule has 31 heavy (non-hydrogen) atoms. The quantitative estimate of drug-likeness (QED) is 0.684. The summed E-state index contributed by atoms with van der Waals surface area (Å²) in [5.74, 6) is 0.821. The molecule has 0 bridgehead atoms. The first-order chi connectivity index (χ1) is 14.6. The highest BCUT2D eigenvalue weighted by Crippen LogP contribution is 2.25. The number of aryl methyl sites for hydroxylation is 1. The number of nitrogens with zero attached hydrogens (tertiary/aromatic N) is 2. The molecule has 0 saturated carbocycles. The van der Waals surface area contributed by atoms with Gasteiger partial charge in [-0.3, -0.25) is 4.79 Å². The zero-order valence-corrected chi connectivity index (χ0v) is 19.6. The van der Waals surface area contributed by atoms with E-state index in [1.54, 1.807) is 24.1 Å². The summed E-state index contributed by atoms with van der Waals surface area (Å²) in [6.07, 6.45) is 0.975. The fourth-order valence-corrected chi connectivity index (χ4v) is 5.19. The molecule has 168 valence electrons. The summed E-state index contributed by atoms with van der Waals surface area (Å²) in [4.78, 5) is 14.7. The molecule has 1 fully saturated rings. The number of ether oxygens (including phenoxy) is 1. The summed E-state index contributed by atoms with van der Waals surface area (Å²) >= 11 is 0. The molecule has 7 heteroatoms. The van der Waals surface area contributed by atoms with E-state index in [4.69, 9.17) is 4.74 Å². The van der Waals surface area contributed by atoms with Gasteiger partial charge in [0.1, 0.15) is 5.75 Å². The predicted octanol–water partition coefficient (Wildman–Crippen LogP) is 3.46. The van der Waals surface area contributed by atoms with Crippen molar-refractivity contribution in [2.24, 2.45) is 0 Å². The predicted molar refractivity (Wildman–Crippen MR) is 122 cm³/mol. The van der Waals surface area contributed by atoms with Crippen LogP contribution in [0, 0.1) is 0 Å². The van der Waals surface area contributed by atoms with E-state index in [0.717, 1.165) is 16.9 Å². The van der Waals surface area contributed by atoms with Crippen LogP contribution in [0.2, 0.25) is 0 Å². The van der Waals surface area contributed by atoms with Gasteiger partial charge in [-0.05, 0) is 41.2 Å². The van der Waals surface area contributed by atoms with E-state index in [9.17, 15) is 13.2 Å². The van der Waals surface area contributed by atoms with Gasteiger partial charge in [-0.1, -0.05) is 51.1 Å². The zero-order chi connectivity index (χ0) is 22.6. The highest BCUT2D eigenvalue weighted by molar-refractivity contribution is 7.89. The van der Waals surface area contributed by atoms with Crippen molar-refractivity contribution in [1.82, 2.24) is 9.21 Å². The molecule has 1 heterocycles. The number of methoxy groups -OCH3 is 1. The summed E-state index contributed by atoms with van der Waals surface area (Å²) < 4.78 is 32.8. The monoisotopic (exact) mass is 444 g/mol. The molecule has 1 saturated heterocycles. The number of carbonyl (C=O) groups is 1. The first-order valence-electron chi connectivity index (χ1n) is 10.6. The Labute approximate surface area is 185 Å². The minimum absolute atomic E-state index is 0.0297. The number of para-hydroxylation sites is 1. The Morgan fingerprint density at radius 3 is 2.16 bits per heavy atom. The number of hydrogen-bond acceptors (Lipinski definition) is 4. The summed E-state index contributed by atoms with van der Waals surface area (Å²) in [6.45, 7) is 7.73. The van der Waals surface area contributed by atoms with Crippen molar-refractivity contribution in [3.63, 3.8) is 0 Å². The third-order valence-corrected chi connectivity index (χ3v) is 7.66. The first kappa shape index (κ1) is 23.3. The van der Waals surface area contributed by atoms with Crippen LogP contribution in [0.25, 0.3) is 0 Å². The van der Waals surface area contributed by atoms with E-state index in [-0.39, 0.29) is 11.3 Å². The van der Waals surface area contributed by atoms with Gasteiger partial charge in [-0.2, -0.15) is 4.31 Å². The first-order valence-corrected chi connectivity index (χ1v) is 12.1. The molecule has 0 N–H and O–H groups in total. The van der Waals surface area contributed by atoms with Gasteiger partial charge in [0.25, 0.3) is 0 Å². The zero-order valence-electron chi connectivity index (χ0n) is 18.8. The van der Waals surface area contributed by atoms with Gasteiger partial charge in [0, 0.05) is 32.6 Å². The molecule has 0 aromatic heterocycles. The Bertz CT molecular complexity index is 1000. The third-order valence-electron chi connectivity index (χ3n) is 5.75. The van der Waals surface area contributed by atoms with Crippen LogP contribution in [-0.4, -0.2) is 56.8 Å². The summed E-state index contributed by atoms with van der Waals surface area (Å²) in [6, 6.07) is 14.8. The maximum Gasteiger partial charge on any atom is 0.243 e.